The number of nitrogens with one attached hydrogen (secondary N) is 1. The maximum Gasteiger partial charge on any atom is 0.321 e. The van der Waals surface area contributed by atoms with Crippen LogP contribution in [-0.2, 0) is 4.74 Å². The molecule has 0 aromatic heterocycles. The van der Waals surface area contributed by atoms with Crippen LogP contribution in [0.25, 0.3) is 0 Å². The monoisotopic (exact) mass is 331 g/mol. The lowest BCUT2D eigenvalue weighted by Gasteiger charge is -2.31. The van der Waals surface area contributed by atoms with Gasteiger partial charge in [0.2, 0.25) is 0 Å². The molecule has 0 saturated carbocycles. The van der Waals surface area contributed by atoms with Gasteiger partial charge in [-0.2, -0.15) is 0 Å². The van der Waals surface area contributed by atoms with Crippen LogP contribution in [-0.4, -0.2) is 49.8 Å². The fourth-order valence-electron chi connectivity index (χ4n) is 3.59. The number of rotatable bonds is 4. The van der Waals surface area contributed by atoms with Gasteiger partial charge in [-0.1, -0.05) is 6.92 Å². The Hall–Kier alpha value is -1.75. The first-order valence-electron chi connectivity index (χ1n) is 9.18. The van der Waals surface area contributed by atoms with Crippen molar-refractivity contribution in [2.75, 3.05) is 43.0 Å². The highest BCUT2D eigenvalue weighted by Crippen LogP contribution is 2.25. The molecule has 132 valence electrons. The number of amides is 2. The van der Waals surface area contributed by atoms with E-state index in [2.05, 4.69) is 29.3 Å². The van der Waals surface area contributed by atoms with Crippen molar-refractivity contribution in [1.82, 2.24) is 4.90 Å². The van der Waals surface area contributed by atoms with E-state index < -0.39 is 0 Å². The minimum Gasteiger partial charge on any atom is -0.378 e. The summed E-state index contributed by atoms with van der Waals surface area (Å²) in [4.78, 5) is 16.7. The topological polar surface area (TPSA) is 44.8 Å². The summed E-state index contributed by atoms with van der Waals surface area (Å²) in [6.07, 6.45) is 3.41. The van der Waals surface area contributed by atoms with Gasteiger partial charge in [-0.15, -0.1) is 0 Å². The Morgan fingerprint density at radius 1 is 1.17 bits per heavy atom. The summed E-state index contributed by atoms with van der Waals surface area (Å²) >= 11 is 0. The first-order chi connectivity index (χ1) is 11.7. The molecule has 5 heteroatoms. The van der Waals surface area contributed by atoms with E-state index in [0.717, 1.165) is 57.2 Å². The van der Waals surface area contributed by atoms with Gasteiger partial charge in [-0.05, 0) is 56.4 Å². The second-order valence-corrected chi connectivity index (χ2v) is 6.96. The molecule has 1 aromatic carbocycles. The van der Waals surface area contributed by atoms with E-state index in [0.29, 0.717) is 6.10 Å². The standard InChI is InChI=1S/C19H29N3O2/c1-3-24-18-9-12-21(13-10-18)19(23)20-16-4-6-17(7-5-16)22-11-8-15(2)14-22/h4-7,15,18H,3,8-14H2,1-2H3,(H,20,23)/t15-/m1/s1. The van der Waals surface area contributed by atoms with Gasteiger partial charge >= 0.3 is 6.03 Å². The van der Waals surface area contributed by atoms with Gasteiger partial charge in [0.15, 0.2) is 0 Å². The molecule has 2 amide bonds. The van der Waals surface area contributed by atoms with Crippen molar-refractivity contribution < 1.29 is 9.53 Å². The molecule has 0 aliphatic carbocycles. The number of anilines is 2. The summed E-state index contributed by atoms with van der Waals surface area (Å²) in [5, 5.41) is 3.01. The number of hydrogen-bond acceptors (Lipinski definition) is 3. The van der Waals surface area contributed by atoms with E-state index in [1.54, 1.807) is 0 Å². The molecule has 0 bridgehead atoms. The van der Waals surface area contributed by atoms with Crippen LogP contribution in [0.15, 0.2) is 24.3 Å². The maximum atomic E-state index is 12.4. The summed E-state index contributed by atoms with van der Waals surface area (Å²) in [5.74, 6) is 0.768. The molecule has 2 saturated heterocycles. The molecule has 24 heavy (non-hydrogen) atoms. The van der Waals surface area contributed by atoms with Crippen molar-refractivity contribution in [2.45, 2.75) is 39.2 Å². The van der Waals surface area contributed by atoms with Crippen molar-refractivity contribution in [2.24, 2.45) is 5.92 Å². The zero-order valence-electron chi connectivity index (χ0n) is 14.8. The zero-order valence-corrected chi connectivity index (χ0v) is 14.8. The van der Waals surface area contributed by atoms with Crippen LogP contribution >= 0.6 is 0 Å². The third-order valence-corrected chi connectivity index (χ3v) is 5.04. The van der Waals surface area contributed by atoms with Crippen molar-refractivity contribution >= 4 is 17.4 Å². The lowest BCUT2D eigenvalue weighted by atomic mass is 10.1. The van der Waals surface area contributed by atoms with Crippen LogP contribution in [0.2, 0.25) is 0 Å². The summed E-state index contributed by atoms with van der Waals surface area (Å²) in [6.45, 7) is 8.84. The molecule has 0 unspecified atom stereocenters. The number of likely N-dealkylation sites (tertiary alicyclic amines) is 1. The molecule has 1 aromatic rings. The smallest absolute Gasteiger partial charge is 0.321 e. The molecule has 5 nitrogen and oxygen atoms in total. The zero-order chi connectivity index (χ0) is 16.9. The fraction of sp³-hybridized carbons (Fsp3) is 0.632. The van der Waals surface area contributed by atoms with Crippen LogP contribution in [0.4, 0.5) is 16.2 Å². The van der Waals surface area contributed by atoms with Crippen LogP contribution < -0.4 is 10.2 Å². The van der Waals surface area contributed by atoms with Gasteiger partial charge in [0.25, 0.3) is 0 Å². The van der Waals surface area contributed by atoms with E-state index in [9.17, 15) is 4.79 Å². The lowest BCUT2D eigenvalue weighted by Crippen LogP contribution is -2.43. The Morgan fingerprint density at radius 3 is 2.46 bits per heavy atom. The highest BCUT2D eigenvalue weighted by atomic mass is 16.5. The number of nitrogens with zero attached hydrogens (tertiary/aromatic N) is 2. The number of carbonyl (C=O) groups is 1. The van der Waals surface area contributed by atoms with E-state index >= 15 is 0 Å². The van der Waals surface area contributed by atoms with E-state index in [1.165, 1.54) is 12.1 Å². The highest BCUT2D eigenvalue weighted by molar-refractivity contribution is 5.89. The third kappa shape index (κ3) is 4.20. The Morgan fingerprint density at radius 2 is 1.88 bits per heavy atom. The molecule has 3 rings (SSSR count). The van der Waals surface area contributed by atoms with Gasteiger partial charge in [-0.3, -0.25) is 0 Å². The maximum absolute atomic E-state index is 12.4. The number of hydrogen-bond donors (Lipinski definition) is 1. The molecular formula is C19H29N3O2. The van der Waals surface area contributed by atoms with Gasteiger partial charge < -0.3 is 19.9 Å². The van der Waals surface area contributed by atoms with Crippen molar-refractivity contribution in [3.63, 3.8) is 0 Å². The number of ether oxygens (including phenoxy) is 1. The van der Waals surface area contributed by atoms with Crippen molar-refractivity contribution in [3.05, 3.63) is 24.3 Å². The van der Waals surface area contributed by atoms with Crippen LogP contribution in [0.3, 0.4) is 0 Å². The minimum absolute atomic E-state index is 0.00695. The Labute approximate surface area is 145 Å². The highest BCUT2D eigenvalue weighted by Gasteiger charge is 2.23. The molecule has 2 aliphatic rings. The Balaban J connectivity index is 1.50. The Bertz CT molecular complexity index is 538. The predicted octanol–water partition coefficient (Wildman–Crippen LogP) is 3.57. The summed E-state index contributed by atoms with van der Waals surface area (Å²) in [6, 6.07) is 8.21. The molecule has 1 atom stereocenters. The third-order valence-electron chi connectivity index (χ3n) is 5.04. The van der Waals surface area contributed by atoms with E-state index in [-0.39, 0.29) is 6.03 Å². The molecule has 2 aliphatic heterocycles. The molecular weight excluding hydrogens is 302 g/mol. The molecule has 0 radical (unpaired) electrons. The molecule has 0 spiro atoms. The second kappa shape index (κ2) is 7.88. The number of piperidine rings is 1. The van der Waals surface area contributed by atoms with Gasteiger partial charge in [0, 0.05) is 44.2 Å². The first kappa shape index (κ1) is 17.1. The summed E-state index contributed by atoms with van der Waals surface area (Å²) in [7, 11) is 0. The molecule has 2 heterocycles. The largest absolute Gasteiger partial charge is 0.378 e. The SMILES string of the molecule is CCOC1CCN(C(=O)Nc2ccc(N3CC[C@@H](C)C3)cc2)CC1. The first-order valence-corrected chi connectivity index (χ1v) is 9.18. The quantitative estimate of drug-likeness (QED) is 0.917. The molecule has 2 fully saturated rings. The van der Waals surface area contributed by atoms with Crippen molar-refractivity contribution in [1.29, 1.82) is 0 Å². The van der Waals surface area contributed by atoms with Gasteiger partial charge in [0.1, 0.15) is 0 Å². The lowest BCUT2D eigenvalue weighted by molar-refractivity contribution is 0.0232. The van der Waals surface area contributed by atoms with E-state index in [1.807, 2.05) is 24.0 Å². The van der Waals surface area contributed by atoms with Crippen molar-refractivity contribution in [3.8, 4) is 0 Å². The summed E-state index contributed by atoms with van der Waals surface area (Å²) < 4.78 is 5.64. The predicted molar refractivity (Wildman–Crippen MR) is 97.7 cm³/mol. The van der Waals surface area contributed by atoms with Crippen LogP contribution in [0.1, 0.15) is 33.1 Å². The van der Waals surface area contributed by atoms with Crippen LogP contribution in [0, 0.1) is 5.92 Å². The van der Waals surface area contributed by atoms with Gasteiger partial charge in [-0.25, -0.2) is 4.79 Å². The van der Waals surface area contributed by atoms with E-state index in [4.69, 9.17) is 4.74 Å². The normalized spacial score (nSPS) is 22.0. The number of carbonyl (C=O) groups excluding carboxylic acids is 1. The average molecular weight is 331 g/mol. The average Bonchev–Trinajstić information content (AvgIpc) is 3.03. The Kier molecular flexibility index (Phi) is 5.61. The van der Waals surface area contributed by atoms with Gasteiger partial charge in [0.05, 0.1) is 6.10 Å². The number of urea groups is 1. The van der Waals surface area contributed by atoms with Crippen LogP contribution in [0.5, 0.6) is 0 Å². The molecule has 1 N–H and O–H groups in total. The minimum atomic E-state index is -0.00695. The summed E-state index contributed by atoms with van der Waals surface area (Å²) in [5.41, 5.74) is 2.11. The number of benzene rings is 1. The second-order valence-electron chi connectivity index (χ2n) is 6.96. The fourth-order valence-corrected chi connectivity index (χ4v) is 3.59.